The van der Waals surface area contributed by atoms with Gasteiger partial charge in [0.05, 0.1) is 6.26 Å². The molecule has 0 spiro atoms. The number of aromatic nitrogens is 1. The van der Waals surface area contributed by atoms with E-state index in [4.69, 9.17) is 4.42 Å². The molecule has 1 N–H and O–H groups in total. The zero-order valence-corrected chi connectivity index (χ0v) is 15.1. The van der Waals surface area contributed by atoms with E-state index in [2.05, 4.69) is 24.1 Å². The highest BCUT2D eigenvalue weighted by Gasteiger charge is 2.27. The Balaban J connectivity index is 1.60. The van der Waals surface area contributed by atoms with Crippen LogP contribution in [0.1, 0.15) is 41.3 Å². The van der Waals surface area contributed by atoms with E-state index in [9.17, 15) is 9.59 Å². The second-order valence-electron chi connectivity index (χ2n) is 6.45. The van der Waals surface area contributed by atoms with Crippen LogP contribution in [0.15, 0.2) is 41.1 Å². The molecule has 2 amide bonds. The highest BCUT2D eigenvalue weighted by atomic mass is 16.3. The molecule has 3 heterocycles. The molecule has 0 aliphatic carbocycles. The molecule has 0 radical (unpaired) electrons. The van der Waals surface area contributed by atoms with Crippen LogP contribution in [0.2, 0.25) is 0 Å². The van der Waals surface area contributed by atoms with Crippen molar-refractivity contribution in [1.82, 2.24) is 14.8 Å². The fourth-order valence-corrected chi connectivity index (χ4v) is 2.85. The molecule has 1 unspecified atom stereocenters. The summed E-state index contributed by atoms with van der Waals surface area (Å²) in [6.45, 7) is 6.13. The minimum Gasteiger partial charge on any atom is -0.459 e. The average molecular weight is 356 g/mol. The van der Waals surface area contributed by atoms with Gasteiger partial charge in [-0.25, -0.2) is 0 Å². The van der Waals surface area contributed by atoms with Gasteiger partial charge in [-0.3, -0.25) is 14.6 Å². The van der Waals surface area contributed by atoms with Gasteiger partial charge in [-0.2, -0.15) is 0 Å². The van der Waals surface area contributed by atoms with Gasteiger partial charge in [0.2, 0.25) is 0 Å². The molecule has 1 aliphatic heterocycles. The second kappa shape index (κ2) is 8.03. The van der Waals surface area contributed by atoms with Crippen LogP contribution in [-0.2, 0) is 0 Å². The molecule has 1 atom stereocenters. The van der Waals surface area contributed by atoms with Crippen molar-refractivity contribution in [2.24, 2.45) is 0 Å². The summed E-state index contributed by atoms with van der Waals surface area (Å²) in [5.74, 6) is 0.0816. The van der Waals surface area contributed by atoms with Gasteiger partial charge in [0, 0.05) is 44.1 Å². The Kier molecular flexibility index (Phi) is 5.55. The Morgan fingerprint density at radius 3 is 2.50 bits per heavy atom. The van der Waals surface area contributed by atoms with Crippen LogP contribution in [0, 0.1) is 0 Å². The molecular weight excluding hydrogens is 332 g/mol. The Bertz CT molecular complexity index is 752. The second-order valence-corrected chi connectivity index (χ2v) is 6.45. The number of nitrogens with one attached hydrogen (secondary N) is 1. The molecule has 1 fully saturated rings. The first-order valence-electron chi connectivity index (χ1n) is 8.93. The van der Waals surface area contributed by atoms with Gasteiger partial charge >= 0.3 is 0 Å². The van der Waals surface area contributed by atoms with Gasteiger partial charge in [0.15, 0.2) is 5.76 Å². The summed E-state index contributed by atoms with van der Waals surface area (Å²) >= 11 is 0. The molecule has 2 aromatic rings. The number of hydrogen-bond donors (Lipinski definition) is 1. The minimum absolute atomic E-state index is 0.108. The molecule has 7 nitrogen and oxygen atoms in total. The zero-order valence-electron chi connectivity index (χ0n) is 15.1. The fourth-order valence-electron chi connectivity index (χ4n) is 2.85. The van der Waals surface area contributed by atoms with Gasteiger partial charge in [-0.05, 0) is 37.6 Å². The Labute approximate surface area is 153 Å². The summed E-state index contributed by atoms with van der Waals surface area (Å²) in [5, 5.41) is 3.35. The lowest BCUT2D eigenvalue weighted by Crippen LogP contribution is -2.50. The van der Waals surface area contributed by atoms with Gasteiger partial charge < -0.3 is 19.5 Å². The summed E-state index contributed by atoms with van der Waals surface area (Å²) < 4.78 is 5.16. The maximum absolute atomic E-state index is 12.7. The summed E-state index contributed by atoms with van der Waals surface area (Å²) in [6, 6.07) is 7.33. The molecule has 0 bridgehead atoms. The predicted octanol–water partition coefficient (Wildman–Crippen LogP) is 2.48. The number of rotatable bonds is 5. The van der Waals surface area contributed by atoms with Crippen LogP contribution in [-0.4, -0.2) is 58.8 Å². The molecule has 2 aromatic heterocycles. The van der Waals surface area contributed by atoms with Gasteiger partial charge in [-0.1, -0.05) is 6.92 Å². The van der Waals surface area contributed by atoms with Crippen molar-refractivity contribution in [2.45, 2.75) is 26.3 Å². The zero-order chi connectivity index (χ0) is 18.5. The van der Waals surface area contributed by atoms with E-state index >= 15 is 0 Å². The van der Waals surface area contributed by atoms with Crippen molar-refractivity contribution in [2.75, 3.05) is 31.5 Å². The van der Waals surface area contributed by atoms with Crippen LogP contribution in [0.5, 0.6) is 0 Å². The average Bonchev–Trinajstić information content (AvgIpc) is 3.22. The topological polar surface area (TPSA) is 78.7 Å². The molecule has 3 rings (SSSR count). The molecule has 7 heteroatoms. The minimum atomic E-state index is -0.139. The number of amides is 2. The third-order valence-corrected chi connectivity index (χ3v) is 4.59. The van der Waals surface area contributed by atoms with Gasteiger partial charge in [-0.15, -0.1) is 0 Å². The molecule has 1 saturated heterocycles. The number of pyridine rings is 1. The lowest BCUT2D eigenvalue weighted by molar-refractivity contribution is 0.0515. The summed E-state index contributed by atoms with van der Waals surface area (Å²) in [7, 11) is 0. The third-order valence-electron chi connectivity index (χ3n) is 4.59. The summed E-state index contributed by atoms with van der Waals surface area (Å²) in [4.78, 5) is 32.7. The van der Waals surface area contributed by atoms with Crippen molar-refractivity contribution < 1.29 is 14.0 Å². The van der Waals surface area contributed by atoms with Gasteiger partial charge in [0.25, 0.3) is 11.8 Å². The Hall–Kier alpha value is -2.83. The SMILES string of the molecule is CCC(C)Nc1ccnc(C(=O)N2CCN(C(=O)c3ccco3)CC2)c1. The Morgan fingerprint density at radius 1 is 1.19 bits per heavy atom. The first-order valence-corrected chi connectivity index (χ1v) is 8.93. The maximum atomic E-state index is 12.7. The number of furan rings is 1. The molecule has 1 aliphatic rings. The highest BCUT2D eigenvalue weighted by Crippen LogP contribution is 2.15. The van der Waals surface area contributed by atoms with Crippen molar-refractivity contribution in [3.8, 4) is 0 Å². The molecular formula is C19H24N4O3. The van der Waals surface area contributed by atoms with Crippen LogP contribution < -0.4 is 5.32 Å². The van der Waals surface area contributed by atoms with Crippen molar-refractivity contribution >= 4 is 17.5 Å². The predicted molar refractivity (Wildman–Crippen MR) is 98.1 cm³/mol. The first-order chi connectivity index (χ1) is 12.6. The van der Waals surface area contributed by atoms with Crippen LogP contribution in [0.3, 0.4) is 0 Å². The normalized spacial score (nSPS) is 15.6. The molecule has 138 valence electrons. The van der Waals surface area contributed by atoms with E-state index in [0.717, 1.165) is 12.1 Å². The fraction of sp³-hybridized carbons (Fsp3) is 0.421. The van der Waals surface area contributed by atoms with Crippen LogP contribution >= 0.6 is 0 Å². The van der Waals surface area contributed by atoms with E-state index in [-0.39, 0.29) is 11.8 Å². The van der Waals surface area contributed by atoms with E-state index in [1.807, 2.05) is 6.07 Å². The van der Waals surface area contributed by atoms with Crippen LogP contribution in [0.25, 0.3) is 0 Å². The number of anilines is 1. The van der Waals surface area contributed by atoms with E-state index < -0.39 is 0 Å². The van der Waals surface area contributed by atoms with E-state index in [0.29, 0.717) is 43.7 Å². The monoisotopic (exact) mass is 356 g/mol. The number of carbonyl (C=O) groups excluding carboxylic acids is 2. The first kappa shape index (κ1) is 18.0. The number of hydrogen-bond acceptors (Lipinski definition) is 5. The Morgan fingerprint density at radius 2 is 1.88 bits per heavy atom. The maximum Gasteiger partial charge on any atom is 0.289 e. The summed E-state index contributed by atoms with van der Waals surface area (Å²) in [5.41, 5.74) is 1.31. The molecule has 0 aromatic carbocycles. The number of piperazine rings is 1. The van der Waals surface area contributed by atoms with Gasteiger partial charge in [0.1, 0.15) is 5.69 Å². The van der Waals surface area contributed by atoms with Crippen molar-refractivity contribution in [3.63, 3.8) is 0 Å². The third kappa shape index (κ3) is 4.04. The van der Waals surface area contributed by atoms with E-state index in [1.54, 1.807) is 34.2 Å². The van der Waals surface area contributed by atoms with E-state index in [1.165, 1.54) is 6.26 Å². The van der Waals surface area contributed by atoms with Crippen molar-refractivity contribution in [3.05, 3.63) is 48.2 Å². The standard InChI is InChI=1S/C19H24N4O3/c1-3-14(2)21-15-6-7-20-16(13-15)18(24)22-8-10-23(11-9-22)19(25)17-5-4-12-26-17/h4-7,12-14H,3,8-11H2,1-2H3,(H,20,21). The molecule has 0 saturated carbocycles. The summed E-state index contributed by atoms with van der Waals surface area (Å²) in [6.07, 6.45) is 4.13. The van der Waals surface area contributed by atoms with Crippen LogP contribution in [0.4, 0.5) is 5.69 Å². The highest BCUT2D eigenvalue weighted by molar-refractivity contribution is 5.94. The molecule has 26 heavy (non-hydrogen) atoms. The smallest absolute Gasteiger partial charge is 0.289 e. The lowest BCUT2D eigenvalue weighted by atomic mass is 10.2. The quantitative estimate of drug-likeness (QED) is 0.890. The lowest BCUT2D eigenvalue weighted by Gasteiger charge is -2.34. The largest absolute Gasteiger partial charge is 0.459 e. The van der Waals surface area contributed by atoms with Crippen molar-refractivity contribution in [1.29, 1.82) is 0 Å². The number of nitrogens with zero attached hydrogens (tertiary/aromatic N) is 3. The number of carbonyl (C=O) groups is 2.